The van der Waals surface area contributed by atoms with Gasteiger partial charge in [0.15, 0.2) is 0 Å². The molecule has 0 N–H and O–H groups in total. The normalized spacial score (nSPS) is 14.4. The molecule has 94 valence electrons. The molecule has 1 fully saturated rings. The van der Waals surface area contributed by atoms with Gasteiger partial charge in [-0.3, -0.25) is 0 Å². The monoisotopic (exact) mass is 225 g/mol. The fourth-order valence-electron chi connectivity index (χ4n) is 1.14. The molecule has 0 aliphatic carbocycles. The summed E-state index contributed by atoms with van der Waals surface area (Å²) in [5, 5.41) is 0. The lowest BCUT2D eigenvalue weighted by molar-refractivity contribution is 0.0556. The van der Waals surface area contributed by atoms with E-state index in [1.165, 1.54) is 0 Å². The Morgan fingerprint density at radius 2 is 1.62 bits per heavy atom. The van der Waals surface area contributed by atoms with Crippen LogP contribution in [0.5, 0.6) is 0 Å². The van der Waals surface area contributed by atoms with Gasteiger partial charge in [-0.1, -0.05) is 53.0 Å². The summed E-state index contributed by atoms with van der Waals surface area (Å²) in [6.07, 6.45) is 5.63. The zero-order chi connectivity index (χ0) is 12.8. The molecule has 1 heterocycles. The van der Waals surface area contributed by atoms with E-state index in [0.29, 0.717) is 0 Å². The first kappa shape index (κ1) is 17.4. The highest BCUT2D eigenvalue weighted by atomic mass is 16.5. The number of nitrogens with zero attached hydrogens (tertiary/aromatic N) is 1. The molecule has 0 amide bonds. The molecule has 0 aromatic carbocycles. The molecule has 0 atom stereocenters. The maximum atomic E-state index is 5.23. The summed E-state index contributed by atoms with van der Waals surface area (Å²) >= 11 is 0. The summed E-state index contributed by atoms with van der Waals surface area (Å²) in [7, 11) is 0. The van der Waals surface area contributed by atoms with E-state index < -0.39 is 0 Å². The predicted octanol–water partition coefficient (Wildman–Crippen LogP) is 3.63. The summed E-state index contributed by atoms with van der Waals surface area (Å²) in [5.41, 5.74) is 1.04. The van der Waals surface area contributed by atoms with Crippen LogP contribution >= 0.6 is 0 Å². The Balaban J connectivity index is 0. The van der Waals surface area contributed by atoms with Gasteiger partial charge in [0, 0.05) is 18.8 Å². The van der Waals surface area contributed by atoms with Crippen LogP contribution in [0, 0.1) is 0 Å². The molecule has 1 rings (SSSR count). The lowest BCUT2D eigenvalue weighted by Gasteiger charge is -2.28. The molecule has 0 bridgehead atoms. The highest BCUT2D eigenvalue weighted by molar-refractivity contribution is 5.17. The average molecular weight is 225 g/mol. The molecule has 0 unspecified atom stereocenters. The van der Waals surface area contributed by atoms with Gasteiger partial charge in [0.25, 0.3) is 0 Å². The summed E-state index contributed by atoms with van der Waals surface area (Å²) < 4.78 is 5.23. The van der Waals surface area contributed by atoms with Crippen LogP contribution < -0.4 is 0 Å². The predicted molar refractivity (Wildman–Crippen MR) is 73.6 cm³/mol. The highest BCUT2D eigenvalue weighted by Gasteiger charge is 2.09. The van der Waals surface area contributed by atoms with Gasteiger partial charge in [-0.25, -0.2) is 0 Å². The Morgan fingerprint density at radius 1 is 1.12 bits per heavy atom. The first-order chi connectivity index (χ1) is 7.84. The number of allylic oxidation sites excluding steroid dienone is 3. The molecule has 0 aromatic rings. The first-order valence-electron chi connectivity index (χ1n) is 6.15. The third kappa shape index (κ3) is 8.30. The van der Waals surface area contributed by atoms with Crippen molar-refractivity contribution in [3.05, 3.63) is 37.1 Å². The number of ether oxygens (including phenoxy) is 1. The largest absolute Gasteiger partial charge is 0.378 e. The van der Waals surface area contributed by atoms with Crippen LogP contribution in [0.15, 0.2) is 37.1 Å². The lowest BCUT2D eigenvalue weighted by atomic mass is 10.3. The van der Waals surface area contributed by atoms with Crippen molar-refractivity contribution >= 4 is 0 Å². The van der Waals surface area contributed by atoms with Crippen LogP contribution in [0.1, 0.15) is 27.7 Å². The SMILES string of the molecule is C=C/C=C\C(=C)N1CCOCC1.CC.CC. The van der Waals surface area contributed by atoms with Crippen LogP contribution in [-0.4, -0.2) is 31.2 Å². The van der Waals surface area contributed by atoms with Crippen LogP contribution in [0.4, 0.5) is 0 Å². The molecule has 16 heavy (non-hydrogen) atoms. The van der Waals surface area contributed by atoms with Gasteiger partial charge in [0.05, 0.1) is 13.2 Å². The van der Waals surface area contributed by atoms with Crippen LogP contribution in [-0.2, 0) is 4.74 Å². The molecule has 1 saturated heterocycles. The second kappa shape index (κ2) is 14.0. The first-order valence-corrected chi connectivity index (χ1v) is 6.15. The van der Waals surface area contributed by atoms with Gasteiger partial charge < -0.3 is 9.64 Å². The van der Waals surface area contributed by atoms with E-state index in [4.69, 9.17) is 4.74 Å². The van der Waals surface area contributed by atoms with Crippen molar-refractivity contribution in [2.24, 2.45) is 0 Å². The van der Waals surface area contributed by atoms with Crippen molar-refractivity contribution in [3.8, 4) is 0 Å². The molecule has 1 aliphatic rings. The molecule has 0 radical (unpaired) electrons. The summed E-state index contributed by atoms with van der Waals surface area (Å²) in [5.74, 6) is 0. The Morgan fingerprint density at radius 3 is 2.06 bits per heavy atom. The maximum Gasteiger partial charge on any atom is 0.0642 e. The molecular weight excluding hydrogens is 198 g/mol. The zero-order valence-electron chi connectivity index (χ0n) is 11.3. The summed E-state index contributed by atoms with van der Waals surface area (Å²) in [4.78, 5) is 2.21. The van der Waals surface area contributed by atoms with E-state index >= 15 is 0 Å². The standard InChI is InChI=1S/C10H15NO.2C2H6/c1-3-4-5-10(2)11-6-8-12-9-7-11;2*1-2/h3-5H,1-2,6-9H2;2*1-2H3/b5-4-;;. The van der Waals surface area contributed by atoms with E-state index in [-0.39, 0.29) is 0 Å². The van der Waals surface area contributed by atoms with E-state index in [0.717, 1.165) is 32.0 Å². The van der Waals surface area contributed by atoms with Gasteiger partial charge in [0.1, 0.15) is 0 Å². The second-order valence-electron chi connectivity index (χ2n) is 2.69. The highest BCUT2D eigenvalue weighted by Crippen LogP contribution is 2.06. The lowest BCUT2D eigenvalue weighted by Crippen LogP contribution is -2.34. The van der Waals surface area contributed by atoms with E-state index in [1.807, 2.05) is 39.8 Å². The van der Waals surface area contributed by atoms with Gasteiger partial charge in [-0.05, 0) is 6.08 Å². The van der Waals surface area contributed by atoms with Crippen LogP contribution in [0.3, 0.4) is 0 Å². The molecular formula is C14H27NO. The van der Waals surface area contributed by atoms with Crippen molar-refractivity contribution in [2.75, 3.05) is 26.3 Å². The quantitative estimate of drug-likeness (QED) is 0.680. The van der Waals surface area contributed by atoms with E-state index in [2.05, 4.69) is 18.1 Å². The fourth-order valence-corrected chi connectivity index (χ4v) is 1.14. The van der Waals surface area contributed by atoms with Gasteiger partial charge in [-0.15, -0.1) is 0 Å². The van der Waals surface area contributed by atoms with E-state index in [9.17, 15) is 0 Å². The van der Waals surface area contributed by atoms with Crippen molar-refractivity contribution in [3.63, 3.8) is 0 Å². The molecule has 0 aromatic heterocycles. The fraction of sp³-hybridized carbons (Fsp3) is 0.571. The molecule has 0 saturated carbocycles. The third-order valence-corrected chi connectivity index (χ3v) is 1.84. The van der Waals surface area contributed by atoms with Crippen molar-refractivity contribution in [2.45, 2.75) is 27.7 Å². The molecule has 2 heteroatoms. The third-order valence-electron chi connectivity index (χ3n) is 1.84. The molecule has 2 nitrogen and oxygen atoms in total. The minimum atomic E-state index is 0.806. The smallest absolute Gasteiger partial charge is 0.0642 e. The number of morpholine rings is 1. The minimum absolute atomic E-state index is 0.806. The molecule has 1 aliphatic heterocycles. The van der Waals surface area contributed by atoms with Crippen LogP contribution in [0.25, 0.3) is 0 Å². The zero-order valence-corrected chi connectivity index (χ0v) is 11.3. The average Bonchev–Trinajstić information content (AvgIpc) is 2.41. The van der Waals surface area contributed by atoms with Gasteiger partial charge >= 0.3 is 0 Å². The Labute approximate surface area is 101 Å². The Kier molecular flexibility index (Phi) is 15.2. The second-order valence-corrected chi connectivity index (χ2v) is 2.69. The van der Waals surface area contributed by atoms with Crippen molar-refractivity contribution < 1.29 is 4.74 Å². The minimum Gasteiger partial charge on any atom is -0.378 e. The topological polar surface area (TPSA) is 12.5 Å². The Bertz CT molecular complexity index is 191. The number of rotatable bonds is 3. The summed E-state index contributed by atoms with van der Waals surface area (Å²) in [6, 6.07) is 0. The van der Waals surface area contributed by atoms with Crippen molar-refractivity contribution in [1.29, 1.82) is 0 Å². The van der Waals surface area contributed by atoms with Crippen LogP contribution in [0.2, 0.25) is 0 Å². The van der Waals surface area contributed by atoms with Crippen molar-refractivity contribution in [1.82, 2.24) is 4.90 Å². The number of hydrogen-bond acceptors (Lipinski definition) is 2. The van der Waals surface area contributed by atoms with Gasteiger partial charge in [0.2, 0.25) is 0 Å². The maximum absolute atomic E-state index is 5.23. The Hall–Kier alpha value is -1.02. The van der Waals surface area contributed by atoms with E-state index in [1.54, 1.807) is 6.08 Å². The molecule has 0 spiro atoms. The summed E-state index contributed by atoms with van der Waals surface area (Å²) in [6.45, 7) is 19.1. The van der Waals surface area contributed by atoms with Gasteiger partial charge in [-0.2, -0.15) is 0 Å². The number of hydrogen-bond donors (Lipinski definition) is 0.